The molecule has 0 amide bonds. The quantitative estimate of drug-likeness (QED) is 0.748. The number of methoxy groups -OCH3 is 1. The molecule has 3 nitrogen and oxygen atoms in total. The number of hydrogen-bond donors (Lipinski definition) is 0. The monoisotopic (exact) mass is 245 g/mol. The number of ketones is 1. The molecule has 0 bridgehead atoms. The number of rotatable bonds is 5. The molecule has 0 aromatic heterocycles. The minimum Gasteiger partial charge on any atom is -0.496 e. The Morgan fingerprint density at radius 2 is 2.11 bits per heavy atom. The van der Waals surface area contributed by atoms with E-state index in [0.717, 1.165) is 12.0 Å². The molecule has 0 radical (unpaired) electrons. The van der Waals surface area contributed by atoms with Gasteiger partial charge in [-0.25, -0.2) is 0 Å². The number of aryl methyl sites for hydroxylation is 1. The molecule has 1 aromatic rings. The summed E-state index contributed by atoms with van der Waals surface area (Å²) in [4.78, 5) is 12.4. The van der Waals surface area contributed by atoms with E-state index in [-0.39, 0.29) is 11.7 Å². The van der Waals surface area contributed by atoms with Crippen LogP contribution in [0, 0.1) is 23.2 Å². The SMILES string of the molecule is CCc1ccc(OC)c(C(=O)C(C#N)C(C)C)c1. The van der Waals surface area contributed by atoms with Crippen molar-refractivity contribution < 1.29 is 9.53 Å². The number of hydrogen-bond acceptors (Lipinski definition) is 3. The second-order valence-corrected chi connectivity index (χ2v) is 4.60. The van der Waals surface area contributed by atoms with E-state index in [2.05, 4.69) is 6.07 Å². The second kappa shape index (κ2) is 6.20. The fourth-order valence-electron chi connectivity index (χ4n) is 1.85. The minimum absolute atomic E-state index is 0.00233. The molecule has 0 saturated carbocycles. The third-order valence-electron chi connectivity index (χ3n) is 3.03. The summed E-state index contributed by atoms with van der Waals surface area (Å²) >= 11 is 0. The van der Waals surface area contributed by atoms with Crippen molar-refractivity contribution in [3.63, 3.8) is 0 Å². The number of carbonyl (C=O) groups excluding carboxylic acids is 1. The van der Waals surface area contributed by atoms with Crippen LogP contribution in [0.1, 0.15) is 36.7 Å². The summed E-state index contributed by atoms with van der Waals surface area (Å²) in [5.41, 5.74) is 1.58. The van der Waals surface area contributed by atoms with Gasteiger partial charge in [0.2, 0.25) is 0 Å². The van der Waals surface area contributed by atoms with Crippen molar-refractivity contribution in [1.82, 2.24) is 0 Å². The van der Waals surface area contributed by atoms with Crippen LogP contribution in [0.25, 0.3) is 0 Å². The van der Waals surface area contributed by atoms with Gasteiger partial charge in [-0.3, -0.25) is 4.79 Å². The summed E-state index contributed by atoms with van der Waals surface area (Å²) < 4.78 is 5.21. The van der Waals surface area contributed by atoms with Gasteiger partial charge in [0.25, 0.3) is 0 Å². The first kappa shape index (κ1) is 14.2. The fourth-order valence-corrected chi connectivity index (χ4v) is 1.85. The van der Waals surface area contributed by atoms with Gasteiger partial charge in [0, 0.05) is 0 Å². The highest BCUT2D eigenvalue weighted by atomic mass is 16.5. The molecule has 0 spiro atoms. The number of benzene rings is 1. The minimum atomic E-state index is -0.619. The number of nitrogens with zero attached hydrogens (tertiary/aromatic N) is 1. The lowest BCUT2D eigenvalue weighted by molar-refractivity contribution is 0.0921. The molecule has 1 aromatic carbocycles. The van der Waals surface area contributed by atoms with Gasteiger partial charge < -0.3 is 4.74 Å². The van der Waals surface area contributed by atoms with Gasteiger partial charge in [-0.2, -0.15) is 5.26 Å². The van der Waals surface area contributed by atoms with Gasteiger partial charge in [-0.05, 0) is 30.0 Å². The van der Waals surface area contributed by atoms with Crippen LogP contribution in [0.15, 0.2) is 18.2 Å². The number of ether oxygens (including phenoxy) is 1. The van der Waals surface area contributed by atoms with Crippen molar-refractivity contribution in [3.8, 4) is 11.8 Å². The van der Waals surface area contributed by atoms with E-state index in [0.29, 0.717) is 11.3 Å². The molecule has 1 atom stereocenters. The summed E-state index contributed by atoms with van der Waals surface area (Å²) in [6.45, 7) is 5.78. The third-order valence-corrected chi connectivity index (χ3v) is 3.03. The third kappa shape index (κ3) is 2.89. The number of carbonyl (C=O) groups is 1. The van der Waals surface area contributed by atoms with Crippen LogP contribution < -0.4 is 4.74 Å². The standard InChI is InChI=1S/C15H19NO2/c1-5-11-6-7-14(18-4)12(8-11)15(17)13(9-16)10(2)3/h6-8,10,13H,5H2,1-4H3. The molecule has 1 unspecified atom stereocenters. The molecule has 0 saturated heterocycles. The van der Waals surface area contributed by atoms with Gasteiger partial charge in [0.05, 0.1) is 18.7 Å². The fraction of sp³-hybridized carbons (Fsp3) is 0.467. The Bertz CT molecular complexity index is 472. The maximum atomic E-state index is 12.4. The zero-order chi connectivity index (χ0) is 13.7. The van der Waals surface area contributed by atoms with Gasteiger partial charge in [-0.1, -0.05) is 26.8 Å². The van der Waals surface area contributed by atoms with Crippen molar-refractivity contribution in [2.75, 3.05) is 7.11 Å². The van der Waals surface area contributed by atoms with Crippen LogP contribution in [-0.4, -0.2) is 12.9 Å². The zero-order valence-corrected chi connectivity index (χ0v) is 11.4. The predicted molar refractivity (Wildman–Crippen MR) is 70.6 cm³/mol. The first-order chi connectivity index (χ1) is 8.54. The molecule has 0 fully saturated rings. The van der Waals surface area contributed by atoms with Crippen molar-refractivity contribution in [2.24, 2.45) is 11.8 Å². The average Bonchev–Trinajstić information content (AvgIpc) is 2.38. The van der Waals surface area contributed by atoms with Crippen molar-refractivity contribution in [2.45, 2.75) is 27.2 Å². The lowest BCUT2D eigenvalue weighted by Gasteiger charge is -2.15. The summed E-state index contributed by atoms with van der Waals surface area (Å²) in [5, 5.41) is 9.11. The van der Waals surface area contributed by atoms with Crippen LogP contribution in [0.5, 0.6) is 5.75 Å². The topological polar surface area (TPSA) is 50.1 Å². The Hall–Kier alpha value is -1.82. The molecular formula is C15H19NO2. The van der Waals surface area contributed by atoms with Crippen molar-refractivity contribution in [3.05, 3.63) is 29.3 Å². The molecule has 0 aliphatic heterocycles. The van der Waals surface area contributed by atoms with E-state index in [1.807, 2.05) is 32.9 Å². The van der Waals surface area contributed by atoms with Gasteiger partial charge in [0.1, 0.15) is 11.7 Å². The van der Waals surface area contributed by atoms with E-state index in [9.17, 15) is 4.79 Å². The Balaban J connectivity index is 3.22. The summed E-state index contributed by atoms with van der Waals surface area (Å²) in [6, 6.07) is 7.64. The molecule has 1 rings (SSSR count). The van der Waals surface area contributed by atoms with Crippen LogP contribution >= 0.6 is 0 Å². The summed E-state index contributed by atoms with van der Waals surface area (Å²) in [5.74, 6) is -0.235. The highest BCUT2D eigenvalue weighted by Gasteiger charge is 2.25. The Labute approximate surface area is 108 Å². The largest absolute Gasteiger partial charge is 0.496 e. The molecule has 0 aliphatic rings. The zero-order valence-electron chi connectivity index (χ0n) is 11.4. The lowest BCUT2D eigenvalue weighted by Crippen LogP contribution is -2.19. The average molecular weight is 245 g/mol. The second-order valence-electron chi connectivity index (χ2n) is 4.60. The predicted octanol–water partition coefficient (Wildman–Crippen LogP) is 3.24. The molecular weight excluding hydrogens is 226 g/mol. The first-order valence-electron chi connectivity index (χ1n) is 6.15. The van der Waals surface area contributed by atoms with Crippen LogP contribution in [0.2, 0.25) is 0 Å². The maximum Gasteiger partial charge on any atom is 0.183 e. The molecule has 3 heteroatoms. The summed E-state index contributed by atoms with van der Waals surface area (Å²) in [7, 11) is 1.54. The molecule has 0 aliphatic carbocycles. The number of Topliss-reactive ketones (excluding diaryl/α,β-unsaturated/α-hetero) is 1. The van der Waals surface area contributed by atoms with E-state index >= 15 is 0 Å². The Morgan fingerprint density at radius 1 is 1.44 bits per heavy atom. The van der Waals surface area contributed by atoms with Crippen LogP contribution in [-0.2, 0) is 6.42 Å². The number of nitriles is 1. The van der Waals surface area contributed by atoms with Gasteiger partial charge in [0.15, 0.2) is 5.78 Å². The summed E-state index contributed by atoms with van der Waals surface area (Å²) in [6.07, 6.45) is 0.850. The smallest absolute Gasteiger partial charge is 0.183 e. The van der Waals surface area contributed by atoms with Gasteiger partial charge >= 0.3 is 0 Å². The highest BCUT2D eigenvalue weighted by Crippen LogP contribution is 2.25. The normalized spacial score (nSPS) is 12.0. The van der Waals surface area contributed by atoms with Crippen LogP contribution in [0.3, 0.4) is 0 Å². The Morgan fingerprint density at radius 3 is 2.56 bits per heavy atom. The van der Waals surface area contributed by atoms with E-state index in [1.54, 1.807) is 6.07 Å². The molecule has 0 N–H and O–H groups in total. The highest BCUT2D eigenvalue weighted by molar-refractivity contribution is 6.02. The van der Waals surface area contributed by atoms with Gasteiger partial charge in [-0.15, -0.1) is 0 Å². The van der Waals surface area contributed by atoms with E-state index in [1.165, 1.54) is 7.11 Å². The van der Waals surface area contributed by atoms with Crippen molar-refractivity contribution in [1.29, 1.82) is 5.26 Å². The molecule has 18 heavy (non-hydrogen) atoms. The Kier molecular flexibility index (Phi) is 4.91. The first-order valence-corrected chi connectivity index (χ1v) is 6.15. The van der Waals surface area contributed by atoms with Crippen LogP contribution in [0.4, 0.5) is 0 Å². The lowest BCUT2D eigenvalue weighted by atomic mass is 9.88. The van der Waals surface area contributed by atoms with E-state index in [4.69, 9.17) is 10.00 Å². The van der Waals surface area contributed by atoms with Crippen molar-refractivity contribution >= 4 is 5.78 Å². The maximum absolute atomic E-state index is 12.4. The molecule has 0 heterocycles. The molecule has 96 valence electrons. The van der Waals surface area contributed by atoms with E-state index < -0.39 is 5.92 Å².